The Morgan fingerprint density at radius 3 is 2.15 bits per heavy atom. The van der Waals surface area contributed by atoms with Gasteiger partial charge >= 0.3 is 0 Å². The van der Waals surface area contributed by atoms with Crippen molar-refractivity contribution in [3.05, 3.63) is 21.9 Å². The monoisotopic (exact) mass is 391 g/mol. The van der Waals surface area contributed by atoms with Crippen LogP contribution in [0.3, 0.4) is 0 Å². The third-order valence-corrected chi connectivity index (χ3v) is 6.42. The number of ketones is 1. The Bertz CT molecular complexity index is 674. The standard InChI is InChI=1S/C20H29N3O3S/c1-16-5-7-18(27-16)17(24)6-8-19(25)23-13-11-21(12-14-23)15-20(26)22-9-3-2-4-10-22/h5,7H,2-4,6,8-15H2,1H3. The van der Waals surface area contributed by atoms with Crippen LogP contribution < -0.4 is 0 Å². The summed E-state index contributed by atoms with van der Waals surface area (Å²) in [6.45, 7) is 6.92. The second-order valence-corrected chi connectivity index (χ2v) is 8.72. The third-order valence-electron chi connectivity index (χ3n) is 5.37. The normalized spacial score (nSPS) is 18.6. The van der Waals surface area contributed by atoms with Gasteiger partial charge in [-0.2, -0.15) is 0 Å². The van der Waals surface area contributed by atoms with Crippen LogP contribution in [-0.4, -0.2) is 78.1 Å². The number of carbonyl (C=O) groups is 3. The van der Waals surface area contributed by atoms with Crippen molar-refractivity contribution >= 4 is 28.9 Å². The Morgan fingerprint density at radius 1 is 0.852 bits per heavy atom. The zero-order chi connectivity index (χ0) is 19.2. The Hall–Kier alpha value is -1.73. The van der Waals surface area contributed by atoms with Gasteiger partial charge in [-0.15, -0.1) is 11.3 Å². The molecule has 0 aliphatic carbocycles. The summed E-state index contributed by atoms with van der Waals surface area (Å²) in [6, 6.07) is 3.77. The van der Waals surface area contributed by atoms with Crippen LogP contribution in [0.2, 0.25) is 0 Å². The summed E-state index contributed by atoms with van der Waals surface area (Å²) in [4.78, 5) is 44.7. The molecule has 2 amide bonds. The van der Waals surface area contributed by atoms with E-state index in [-0.39, 0.29) is 30.4 Å². The van der Waals surface area contributed by atoms with Gasteiger partial charge in [0.05, 0.1) is 11.4 Å². The molecule has 0 aromatic carbocycles. The molecule has 27 heavy (non-hydrogen) atoms. The van der Waals surface area contributed by atoms with E-state index in [1.165, 1.54) is 17.8 Å². The van der Waals surface area contributed by atoms with E-state index in [4.69, 9.17) is 0 Å². The maximum Gasteiger partial charge on any atom is 0.236 e. The Balaban J connectivity index is 1.37. The molecule has 2 fully saturated rings. The molecule has 3 heterocycles. The predicted molar refractivity (Wildman–Crippen MR) is 106 cm³/mol. The largest absolute Gasteiger partial charge is 0.342 e. The fraction of sp³-hybridized carbons (Fsp3) is 0.650. The van der Waals surface area contributed by atoms with Gasteiger partial charge in [0.1, 0.15) is 0 Å². The number of nitrogens with zero attached hydrogens (tertiary/aromatic N) is 3. The van der Waals surface area contributed by atoms with Crippen LogP contribution in [0.15, 0.2) is 12.1 Å². The van der Waals surface area contributed by atoms with Gasteiger partial charge in [-0.1, -0.05) is 0 Å². The van der Waals surface area contributed by atoms with Crippen molar-refractivity contribution in [2.24, 2.45) is 0 Å². The second-order valence-electron chi connectivity index (χ2n) is 7.43. The summed E-state index contributed by atoms with van der Waals surface area (Å²) in [5, 5.41) is 0. The molecule has 0 radical (unpaired) electrons. The van der Waals surface area contributed by atoms with Gasteiger partial charge in [0, 0.05) is 57.0 Å². The minimum atomic E-state index is 0.0404. The van der Waals surface area contributed by atoms with Crippen LogP contribution >= 0.6 is 11.3 Å². The average molecular weight is 392 g/mol. The SMILES string of the molecule is Cc1ccc(C(=O)CCC(=O)N2CCN(CC(=O)N3CCCCC3)CC2)s1. The summed E-state index contributed by atoms with van der Waals surface area (Å²) < 4.78 is 0. The van der Waals surface area contributed by atoms with E-state index >= 15 is 0 Å². The van der Waals surface area contributed by atoms with Gasteiger partial charge in [-0.3, -0.25) is 19.3 Å². The van der Waals surface area contributed by atoms with Crippen molar-refractivity contribution in [1.29, 1.82) is 0 Å². The molecular weight excluding hydrogens is 362 g/mol. The molecule has 2 saturated heterocycles. The molecule has 0 saturated carbocycles. The second kappa shape index (κ2) is 9.46. The Labute approximate surface area is 165 Å². The predicted octanol–water partition coefficient (Wildman–Crippen LogP) is 2.18. The topological polar surface area (TPSA) is 60.9 Å². The molecule has 1 aromatic rings. The number of piperidine rings is 1. The molecule has 0 spiro atoms. The summed E-state index contributed by atoms with van der Waals surface area (Å²) >= 11 is 1.48. The van der Waals surface area contributed by atoms with Crippen molar-refractivity contribution < 1.29 is 14.4 Å². The lowest BCUT2D eigenvalue weighted by Gasteiger charge is -2.36. The van der Waals surface area contributed by atoms with E-state index < -0.39 is 0 Å². The van der Waals surface area contributed by atoms with Crippen LogP contribution in [0.25, 0.3) is 0 Å². The molecule has 0 atom stereocenters. The van der Waals surface area contributed by atoms with Crippen LogP contribution in [0.4, 0.5) is 0 Å². The van der Waals surface area contributed by atoms with Gasteiger partial charge in [0.2, 0.25) is 11.8 Å². The first-order valence-electron chi connectivity index (χ1n) is 9.90. The lowest BCUT2D eigenvalue weighted by atomic mass is 10.1. The molecular formula is C20H29N3O3S. The van der Waals surface area contributed by atoms with Gasteiger partial charge in [-0.25, -0.2) is 0 Å². The van der Waals surface area contributed by atoms with E-state index in [1.54, 1.807) is 0 Å². The number of piperazine rings is 1. The van der Waals surface area contributed by atoms with Crippen LogP contribution in [0.1, 0.15) is 46.7 Å². The van der Waals surface area contributed by atoms with Crippen molar-refractivity contribution in [1.82, 2.24) is 14.7 Å². The molecule has 0 bridgehead atoms. The highest BCUT2D eigenvalue weighted by Crippen LogP contribution is 2.18. The molecule has 6 nitrogen and oxygen atoms in total. The van der Waals surface area contributed by atoms with E-state index in [0.717, 1.165) is 48.8 Å². The highest BCUT2D eigenvalue weighted by Gasteiger charge is 2.25. The number of carbonyl (C=O) groups excluding carboxylic acids is 3. The first-order chi connectivity index (χ1) is 13.0. The Morgan fingerprint density at radius 2 is 1.52 bits per heavy atom. The lowest BCUT2D eigenvalue weighted by Crippen LogP contribution is -2.52. The number of hydrogen-bond acceptors (Lipinski definition) is 5. The number of thiophene rings is 1. The lowest BCUT2D eigenvalue weighted by molar-refractivity contribution is -0.135. The first-order valence-corrected chi connectivity index (χ1v) is 10.7. The van der Waals surface area contributed by atoms with Crippen molar-refractivity contribution in [2.75, 3.05) is 45.8 Å². The highest BCUT2D eigenvalue weighted by molar-refractivity contribution is 7.14. The van der Waals surface area contributed by atoms with Crippen molar-refractivity contribution in [2.45, 2.75) is 39.0 Å². The Kier molecular flexibility index (Phi) is 7.01. The smallest absolute Gasteiger partial charge is 0.236 e. The zero-order valence-corrected chi connectivity index (χ0v) is 16.9. The minimum Gasteiger partial charge on any atom is -0.342 e. The van der Waals surface area contributed by atoms with E-state index in [2.05, 4.69) is 4.90 Å². The average Bonchev–Trinajstić information content (AvgIpc) is 3.13. The molecule has 148 valence electrons. The summed E-state index contributed by atoms with van der Waals surface area (Å²) in [6.07, 6.45) is 3.98. The summed E-state index contributed by atoms with van der Waals surface area (Å²) in [5.41, 5.74) is 0. The number of Topliss-reactive ketones (excluding diaryl/α,β-unsaturated/α-hetero) is 1. The molecule has 1 aromatic heterocycles. The quantitative estimate of drug-likeness (QED) is 0.698. The zero-order valence-electron chi connectivity index (χ0n) is 16.1. The van der Waals surface area contributed by atoms with Crippen molar-refractivity contribution in [3.63, 3.8) is 0 Å². The van der Waals surface area contributed by atoms with Gasteiger partial charge in [-0.05, 0) is 38.3 Å². The van der Waals surface area contributed by atoms with Gasteiger partial charge in [0.25, 0.3) is 0 Å². The number of amides is 2. The van der Waals surface area contributed by atoms with Crippen LogP contribution in [0, 0.1) is 6.92 Å². The molecule has 0 N–H and O–H groups in total. The maximum atomic E-state index is 12.4. The van der Waals surface area contributed by atoms with Crippen molar-refractivity contribution in [3.8, 4) is 0 Å². The maximum absolute atomic E-state index is 12.4. The summed E-state index contributed by atoms with van der Waals surface area (Å²) in [5.74, 6) is 0.303. The van der Waals surface area contributed by atoms with Crippen LogP contribution in [0.5, 0.6) is 0 Å². The van der Waals surface area contributed by atoms with E-state index in [1.807, 2.05) is 28.9 Å². The number of aryl methyl sites for hydroxylation is 1. The fourth-order valence-electron chi connectivity index (χ4n) is 3.68. The fourth-order valence-corrected chi connectivity index (χ4v) is 4.51. The molecule has 3 rings (SSSR count). The van der Waals surface area contributed by atoms with E-state index in [0.29, 0.717) is 19.6 Å². The molecule has 2 aliphatic rings. The molecule has 2 aliphatic heterocycles. The molecule has 7 heteroatoms. The minimum absolute atomic E-state index is 0.0404. The number of hydrogen-bond donors (Lipinski definition) is 0. The highest BCUT2D eigenvalue weighted by atomic mass is 32.1. The van der Waals surface area contributed by atoms with Crippen LogP contribution in [-0.2, 0) is 9.59 Å². The van der Waals surface area contributed by atoms with Gasteiger partial charge < -0.3 is 9.80 Å². The number of likely N-dealkylation sites (tertiary alicyclic amines) is 1. The third kappa shape index (κ3) is 5.62. The molecule has 0 unspecified atom stereocenters. The number of rotatable bonds is 6. The van der Waals surface area contributed by atoms with E-state index in [9.17, 15) is 14.4 Å². The first kappa shape index (κ1) is 20.0. The van der Waals surface area contributed by atoms with Gasteiger partial charge in [0.15, 0.2) is 5.78 Å². The summed E-state index contributed by atoms with van der Waals surface area (Å²) in [7, 11) is 0.